The van der Waals surface area contributed by atoms with Crippen molar-refractivity contribution >= 4 is 16.0 Å². The molecule has 7 nitrogen and oxygen atoms in total. The van der Waals surface area contributed by atoms with E-state index in [1.807, 2.05) is 0 Å². The van der Waals surface area contributed by atoms with Crippen molar-refractivity contribution in [2.24, 2.45) is 0 Å². The van der Waals surface area contributed by atoms with Gasteiger partial charge in [0, 0.05) is 0 Å². The standard InChI is InChI=1S/C42H83NO6S/c1-3-5-7-9-11-13-15-17-19-20-21-23-25-27-29-31-33-35-37-41(45)42(46)43-39(38-50(47,48)49)40(44)36-34-32-30-28-26-24-22-18-16-14-12-10-8-6-4-2/h34,36,39-41,44-45H,3-33,35,37-38H2,1-2H3,(H,43,46)(H,47,48,49)/b36-34+. The van der Waals surface area contributed by atoms with Gasteiger partial charge in [-0.3, -0.25) is 9.35 Å². The van der Waals surface area contributed by atoms with E-state index in [4.69, 9.17) is 0 Å². The Balaban J connectivity index is 3.97. The number of unbranched alkanes of at least 4 members (excludes halogenated alkanes) is 30. The topological polar surface area (TPSA) is 124 Å². The zero-order valence-corrected chi connectivity index (χ0v) is 33.7. The Hall–Kier alpha value is -0.960. The largest absolute Gasteiger partial charge is 0.387 e. The van der Waals surface area contributed by atoms with Crippen LogP contribution in [-0.2, 0) is 14.9 Å². The predicted molar refractivity (Wildman–Crippen MR) is 213 cm³/mol. The first kappa shape index (κ1) is 49.0. The second kappa shape index (κ2) is 36.4. The third-order valence-electron chi connectivity index (χ3n) is 10.1. The summed E-state index contributed by atoms with van der Waals surface area (Å²) >= 11 is 0. The minimum Gasteiger partial charge on any atom is -0.387 e. The molecule has 3 unspecified atom stereocenters. The summed E-state index contributed by atoms with van der Waals surface area (Å²) in [6.45, 7) is 4.52. The fourth-order valence-corrected chi connectivity index (χ4v) is 7.49. The molecular weight excluding hydrogens is 647 g/mol. The van der Waals surface area contributed by atoms with Crippen LogP contribution >= 0.6 is 0 Å². The Bertz CT molecular complexity index is 864. The van der Waals surface area contributed by atoms with E-state index < -0.39 is 40.0 Å². The Morgan fingerprint density at radius 3 is 1.20 bits per heavy atom. The van der Waals surface area contributed by atoms with E-state index in [0.717, 1.165) is 38.5 Å². The van der Waals surface area contributed by atoms with E-state index in [0.29, 0.717) is 6.42 Å². The molecule has 0 aliphatic carbocycles. The molecule has 50 heavy (non-hydrogen) atoms. The molecule has 0 aliphatic heterocycles. The van der Waals surface area contributed by atoms with Crippen molar-refractivity contribution in [2.45, 2.75) is 244 Å². The van der Waals surface area contributed by atoms with Crippen molar-refractivity contribution in [3.63, 3.8) is 0 Å². The average molecular weight is 730 g/mol. The summed E-state index contributed by atoms with van der Waals surface area (Å²) in [7, 11) is -4.44. The SMILES string of the molecule is CCCCCCCCCCCCCCC/C=C/C(O)C(CS(=O)(=O)O)NC(=O)C(O)CCCCCCCCCCCCCCCCCCCC. The van der Waals surface area contributed by atoms with E-state index in [-0.39, 0.29) is 6.42 Å². The number of allylic oxidation sites excluding steroid dienone is 1. The number of amides is 1. The van der Waals surface area contributed by atoms with Crippen molar-refractivity contribution in [1.29, 1.82) is 0 Å². The van der Waals surface area contributed by atoms with Crippen LogP contribution in [-0.4, -0.2) is 53.1 Å². The van der Waals surface area contributed by atoms with Gasteiger partial charge in [-0.1, -0.05) is 219 Å². The molecule has 0 aromatic carbocycles. The number of aliphatic hydroxyl groups is 2. The lowest BCUT2D eigenvalue weighted by atomic mass is 10.0. The first-order chi connectivity index (χ1) is 24.2. The summed E-state index contributed by atoms with van der Waals surface area (Å²) < 4.78 is 32.5. The highest BCUT2D eigenvalue weighted by Crippen LogP contribution is 2.16. The second-order valence-corrected chi connectivity index (χ2v) is 16.6. The van der Waals surface area contributed by atoms with E-state index >= 15 is 0 Å². The molecule has 0 radical (unpaired) electrons. The molecule has 0 spiro atoms. The highest BCUT2D eigenvalue weighted by atomic mass is 32.2. The Morgan fingerprint density at radius 2 is 0.860 bits per heavy atom. The van der Waals surface area contributed by atoms with Crippen LogP contribution in [0.3, 0.4) is 0 Å². The number of rotatable bonds is 39. The third-order valence-corrected chi connectivity index (χ3v) is 10.9. The fraction of sp³-hybridized carbons (Fsp3) is 0.929. The van der Waals surface area contributed by atoms with Gasteiger partial charge >= 0.3 is 0 Å². The third kappa shape index (κ3) is 35.4. The lowest BCUT2D eigenvalue weighted by molar-refractivity contribution is -0.130. The van der Waals surface area contributed by atoms with E-state index in [2.05, 4.69) is 19.2 Å². The van der Waals surface area contributed by atoms with Gasteiger partial charge in [-0.2, -0.15) is 8.42 Å². The Kier molecular flexibility index (Phi) is 35.7. The number of hydrogen-bond donors (Lipinski definition) is 4. The molecule has 0 saturated heterocycles. The van der Waals surface area contributed by atoms with Gasteiger partial charge < -0.3 is 15.5 Å². The normalized spacial score (nSPS) is 13.9. The molecule has 0 heterocycles. The van der Waals surface area contributed by atoms with Crippen LogP contribution in [0.15, 0.2) is 12.2 Å². The maximum Gasteiger partial charge on any atom is 0.267 e. The van der Waals surface area contributed by atoms with Gasteiger partial charge in [-0.15, -0.1) is 0 Å². The van der Waals surface area contributed by atoms with Gasteiger partial charge in [-0.05, 0) is 19.3 Å². The maximum atomic E-state index is 12.6. The molecule has 0 saturated carbocycles. The van der Waals surface area contributed by atoms with E-state index in [1.54, 1.807) is 6.08 Å². The minimum absolute atomic E-state index is 0.286. The number of hydrogen-bond acceptors (Lipinski definition) is 5. The molecule has 0 aromatic rings. The molecule has 0 fully saturated rings. The van der Waals surface area contributed by atoms with Crippen molar-refractivity contribution in [1.82, 2.24) is 5.32 Å². The average Bonchev–Trinajstić information content (AvgIpc) is 3.08. The molecule has 3 atom stereocenters. The van der Waals surface area contributed by atoms with Crippen molar-refractivity contribution < 1.29 is 28.0 Å². The summed E-state index contributed by atoms with van der Waals surface area (Å²) in [5.41, 5.74) is 0. The molecule has 298 valence electrons. The first-order valence-electron chi connectivity index (χ1n) is 21.5. The molecular formula is C42H83NO6S. The lowest BCUT2D eigenvalue weighted by Gasteiger charge is -2.22. The van der Waals surface area contributed by atoms with Crippen molar-refractivity contribution in [3.05, 3.63) is 12.2 Å². The molecule has 8 heteroatoms. The number of carbonyl (C=O) groups is 1. The number of carbonyl (C=O) groups excluding carboxylic acids is 1. The number of nitrogens with one attached hydrogen (secondary N) is 1. The Morgan fingerprint density at radius 1 is 0.540 bits per heavy atom. The molecule has 0 aromatic heterocycles. The molecule has 0 bridgehead atoms. The van der Waals surface area contributed by atoms with Crippen LogP contribution in [0.4, 0.5) is 0 Å². The molecule has 0 rings (SSSR count). The lowest BCUT2D eigenvalue weighted by Crippen LogP contribution is -2.50. The molecule has 4 N–H and O–H groups in total. The zero-order chi connectivity index (χ0) is 37.0. The number of aliphatic hydroxyl groups excluding tert-OH is 2. The summed E-state index contributed by atoms with van der Waals surface area (Å²) in [5, 5.41) is 23.4. The molecule has 1 amide bonds. The van der Waals surface area contributed by atoms with Gasteiger partial charge in [0.05, 0.1) is 17.9 Å². The van der Waals surface area contributed by atoms with Crippen LogP contribution in [0.2, 0.25) is 0 Å². The molecule has 0 aliphatic rings. The van der Waals surface area contributed by atoms with E-state index in [9.17, 15) is 28.0 Å². The fourth-order valence-electron chi connectivity index (χ4n) is 6.75. The van der Waals surface area contributed by atoms with E-state index in [1.165, 1.54) is 167 Å². The zero-order valence-electron chi connectivity index (χ0n) is 32.9. The summed E-state index contributed by atoms with van der Waals surface area (Å²) in [5.74, 6) is -1.52. The van der Waals surface area contributed by atoms with Crippen LogP contribution in [0.5, 0.6) is 0 Å². The highest BCUT2D eigenvalue weighted by molar-refractivity contribution is 7.85. The summed E-state index contributed by atoms with van der Waals surface area (Å²) in [4.78, 5) is 12.6. The van der Waals surface area contributed by atoms with Crippen LogP contribution < -0.4 is 5.32 Å². The predicted octanol–water partition coefficient (Wildman–Crippen LogP) is 11.6. The Labute approximate surface area is 310 Å². The van der Waals surface area contributed by atoms with Gasteiger partial charge in [0.1, 0.15) is 6.10 Å². The van der Waals surface area contributed by atoms with Crippen LogP contribution in [0.1, 0.15) is 226 Å². The van der Waals surface area contributed by atoms with Gasteiger partial charge in [0.2, 0.25) is 5.91 Å². The smallest absolute Gasteiger partial charge is 0.267 e. The maximum absolute atomic E-state index is 12.6. The quantitative estimate of drug-likeness (QED) is 0.0284. The monoisotopic (exact) mass is 730 g/mol. The van der Waals surface area contributed by atoms with Crippen molar-refractivity contribution in [3.8, 4) is 0 Å². The first-order valence-corrected chi connectivity index (χ1v) is 23.1. The van der Waals surface area contributed by atoms with Gasteiger partial charge in [0.25, 0.3) is 10.1 Å². The van der Waals surface area contributed by atoms with Gasteiger partial charge in [-0.25, -0.2) is 0 Å². The van der Waals surface area contributed by atoms with Gasteiger partial charge in [0.15, 0.2) is 0 Å². The highest BCUT2D eigenvalue weighted by Gasteiger charge is 2.27. The summed E-state index contributed by atoms with van der Waals surface area (Å²) in [6, 6.07) is -1.23. The van der Waals surface area contributed by atoms with Crippen LogP contribution in [0, 0.1) is 0 Å². The van der Waals surface area contributed by atoms with Crippen LogP contribution in [0.25, 0.3) is 0 Å². The van der Waals surface area contributed by atoms with Crippen molar-refractivity contribution in [2.75, 3.05) is 5.75 Å². The summed E-state index contributed by atoms with van der Waals surface area (Å²) in [6.07, 6.45) is 41.2. The minimum atomic E-state index is -4.44. The second-order valence-electron chi connectivity index (χ2n) is 15.1.